The summed E-state index contributed by atoms with van der Waals surface area (Å²) in [5.41, 5.74) is -2.53. The Balaban J connectivity index is 0.00000361. The molecule has 32 heteroatoms. The van der Waals surface area contributed by atoms with Crippen LogP contribution in [0.1, 0.15) is 25.0 Å². The van der Waals surface area contributed by atoms with E-state index >= 15 is 0 Å². The van der Waals surface area contributed by atoms with E-state index in [-0.39, 0.29) is 165 Å². The summed E-state index contributed by atoms with van der Waals surface area (Å²) in [6.45, 7) is 3.28. The summed E-state index contributed by atoms with van der Waals surface area (Å²) in [6, 6.07) is 27.7. The van der Waals surface area contributed by atoms with Gasteiger partial charge in [-0.15, -0.1) is 20.5 Å². The van der Waals surface area contributed by atoms with Gasteiger partial charge in [0, 0.05) is 10.8 Å². The first kappa shape index (κ1) is 69.8. The van der Waals surface area contributed by atoms with Gasteiger partial charge in [0.1, 0.15) is 32.7 Å². The van der Waals surface area contributed by atoms with Gasteiger partial charge < -0.3 is 29.9 Å². The van der Waals surface area contributed by atoms with Gasteiger partial charge in [-0.1, -0.05) is 84.3 Å². The molecule has 24 nitrogen and oxygen atoms in total. The van der Waals surface area contributed by atoms with Crippen molar-refractivity contribution in [3.8, 4) is 34.1 Å². The topological polar surface area (TPSA) is 402 Å². The maximum Gasteiger partial charge on any atom is 1.00 e. The van der Waals surface area contributed by atoms with Crippen LogP contribution in [0.15, 0.2) is 183 Å². The second kappa shape index (κ2) is 28.4. The number of aliphatic imine (C=N–C) groups is 2. The minimum absolute atomic E-state index is 0. The number of ether oxygens (including phenoxy) is 2. The molecule has 8 aromatic carbocycles. The van der Waals surface area contributed by atoms with Crippen LogP contribution in [0.4, 0.5) is 34.1 Å². The van der Waals surface area contributed by atoms with Crippen molar-refractivity contribution in [2.24, 2.45) is 30.4 Å². The molecule has 0 unspecified atom stereocenters. The van der Waals surface area contributed by atoms with Crippen LogP contribution in [0.2, 0.25) is 0 Å². The van der Waals surface area contributed by atoms with Crippen LogP contribution in [0.25, 0.3) is 32.7 Å². The number of rotatable bonds is 17. The maximum absolute atomic E-state index is 14.2. The average Bonchev–Trinajstić information content (AvgIpc) is 3.56. The quantitative estimate of drug-likeness (QED) is 0.0219. The fourth-order valence-corrected chi connectivity index (χ4v) is 10.1. The van der Waals surface area contributed by atoms with Crippen molar-refractivity contribution < 1.29 is 200 Å². The minimum atomic E-state index is -5.33. The van der Waals surface area contributed by atoms with Gasteiger partial charge in [0.05, 0.1) is 45.8 Å². The molecule has 0 atom stereocenters. The Bertz CT molecular complexity index is 4080. The van der Waals surface area contributed by atoms with E-state index in [0.29, 0.717) is 23.3 Å². The van der Waals surface area contributed by atoms with Gasteiger partial charge in [-0.05, 0) is 119 Å². The number of hydrogen-bond acceptors (Lipinski definition) is 20. The number of nitrogens with zero attached hydrogens (tertiary/aromatic N) is 6. The van der Waals surface area contributed by atoms with E-state index in [1.807, 2.05) is 0 Å². The molecule has 0 spiro atoms. The van der Waals surface area contributed by atoms with Gasteiger partial charge in [0.25, 0.3) is 40.5 Å². The smallest absolute Gasteiger partial charge is 0.870 e. The molecule has 0 aliphatic rings. The predicted molar refractivity (Wildman–Crippen MR) is 274 cm³/mol. The van der Waals surface area contributed by atoms with Crippen molar-refractivity contribution >= 4 is 108 Å². The zero-order valence-electron chi connectivity index (χ0n) is 43.9. The van der Waals surface area contributed by atoms with Crippen molar-refractivity contribution in [2.45, 2.75) is 33.4 Å². The van der Waals surface area contributed by atoms with Gasteiger partial charge in [-0.3, -0.25) is 28.2 Å². The number of benzene rings is 8. The summed E-state index contributed by atoms with van der Waals surface area (Å²) in [7, 11) is -20.7. The number of hydrogen-bond donors (Lipinski definition) is 4. The van der Waals surface area contributed by atoms with Crippen LogP contribution >= 0.6 is 0 Å². The molecule has 0 radical (unpaired) electrons. The molecule has 82 heavy (non-hydrogen) atoms. The molecule has 0 aliphatic heterocycles. The summed E-state index contributed by atoms with van der Waals surface area (Å²) in [6.07, 6.45) is 0. The van der Waals surface area contributed by atoms with E-state index < -0.39 is 128 Å². The Labute approximate surface area is 557 Å². The zero-order chi connectivity index (χ0) is 56.5. The van der Waals surface area contributed by atoms with E-state index in [0.717, 1.165) is 24.3 Å². The van der Waals surface area contributed by atoms with E-state index in [1.54, 1.807) is 26.0 Å². The molecule has 0 aliphatic carbocycles. The Morgan fingerprint density at radius 2 is 0.780 bits per heavy atom. The summed E-state index contributed by atoms with van der Waals surface area (Å²) < 4.78 is 152. The van der Waals surface area contributed by atoms with Crippen molar-refractivity contribution in [2.75, 3.05) is 13.2 Å². The van der Waals surface area contributed by atoms with Crippen LogP contribution in [0.3, 0.4) is 0 Å². The Morgan fingerprint density at radius 3 is 1.09 bits per heavy atom. The maximum atomic E-state index is 14.2. The Morgan fingerprint density at radius 1 is 0.439 bits per heavy atom. The molecular weight excluding hydrogens is 1190 g/mol. The molecule has 0 amide bonds. The molecule has 0 saturated heterocycles. The molecule has 402 valence electrons. The number of azo groups is 2. The van der Waals surface area contributed by atoms with Gasteiger partial charge in [0.2, 0.25) is 0 Å². The third kappa shape index (κ3) is 16.0. The molecular formula is C50H36N6Na4O18S4. The SMILES string of the molecule is CCOc1cc(-c2ccc(N=Nc3c(S(=O)(=O)O)cc4cc(S(=O)(=O)O)cc(N=C([O-])c5ccccc5)c4c3[O-])c(OCC)c2)ccc1N=Nc1c(S(=O)(=O)O)cc2cc(S(=O)(=O)O)cc(N=C([O-])c3ccccc3)c2c1[O-].[Na+].[Na+].[Na+].[Na+]. The minimum Gasteiger partial charge on any atom is -0.870 e. The first-order valence-corrected chi connectivity index (χ1v) is 28.1. The first-order valence-electron chi connectivity index (χ1n) is 22.3. The fourth-order valence-electron chi connectivity index (χ4n) is 7.71. The molecule has 0 aromatic heterocycles. The molecule has 8 rings (SSSR count). The monoisotopic (exact) mass is 1230 g/mol. The van der Waals surface area contributed by atoms with Crippen molar-refractivity contribution in [1.29, 1.82) is 0 Å². The van der Waals surface area contributed by atoms with Crippen LogP contribution in [-0.2, 0) is 40.5 Å². The normalized spacial score (nSPS) is 12.4. The van der Waals surface area contributed by atoms with E-state index in [1.165, 1.54) is 84.9 Å². The van der Waals surface area contributed by atoms with Crippen molar-refractivity contribution in [3.63, 3.8) is 0 Å². The molecule has 0 heterocycles. The van der Waals surface area contributed by atoms with Crippen molar-refractivity contribution in [3.05, 3.63) is 145 Å². The molecule has 0 saturated carbocycles. The van der Waals surface area contributed by atoms with E-state index in [2.05, 4.69) is 30.4 Å². The second-order valence-corrected chi connectivity index (χ2v) is 21.9. The molecule has 8 aromatic rings. The van der Waals surface area contributed by atoms with Gasteiger partial charge in [-0.2, -0.15) is 33.7 Å². The average molecular weight is 1230 g/mol. The van der Waals surface area contributed by atoms with Crippen LogP contribution in [0, 0.1) is 0 Å². The first-order chi connectivity index (χ1) is 36.8. The number of fused-ring (bicyclic) bond motifs is 2. The summed E-state index contributed by atoms with van der Waals surface area (Å²) in [4.78, 5) is 3.82. The standard InChI is InChI=1S/C50H40N6O18S4.4Na/c1-3-73-39-21-29(15-17-35(39)53-55-45-41(77(67,68)69)23-31-19-33(75(61,62)63)25-37(43(31)47(45)57)51-49(59)27-11-7-5-8-12-27)30-16-18-36(40(22-30)74-4-2)54-56-46-42(78(70,71)72)24-32-20-34(76(64,65)66)26-38(44(32)48(46)58)52-50(60)28-13-9-6-10-14-28;;;;/h5-26,57-58H,3-4H2,1-2H3,(H,51,59)(H,52,60)(H,61,62,63)(H,64,65,66)(H,67,68,69)(H,70,71,72);;;;/q;4*+1/p-4. The van der Waals surface area contributed by atoms with Gasteiger partial charge in [-0.25, -0.2) is 0 Å². The van der Waals surface area contributed by atoms with Crippen molar-refractivity contribution in [1.82, 2.24) is 0 Å². The summed E-state index contributed by atoms with van der Waals surface area (Å²) >= 11 is 0. The third-order valence-corrected chi connectivity index (χ3v) is 14.6. The molecule has 0 bridgehead atoms. The fraction of sp³-hybridized carbons (Fsp3) is 0.0800. The van der Waals surface area contributed by atoms with Crippen LogP contribution in [-0.4, -0.2) is 76.9 Å². The summed E-state index contributed by atoms with van der Waals surface area (Å²) in [5, 5.41) is 68.7. The Hall–Kier alpha value is -4.74. The van der Waals surface area contributed by atoms with E-state index in [4.69, 9.17) is 9.47 Å². The summed E-state index contributed by atoms with van der Waals surface area (Å²) in [5.74, 6) is -4.43. The van der Waals surface area contributed by atoms with Crippen LogP contribution in [0.5, 0.6) is 23.0 Å². The third-order valence-electron chi connectivity index (χ3n) is 11.2. The molecule has 0 fully saturated rings. The van der Waals surface area contributed by atoms with Crippen LogP contribution < -0.4 is 148 Å². The van der Waals surface area contributed by atoms with Gasteiger partial charge >= 0.3 is 118 Å². The second-order valence-electron chi connectivity index (χ2n) is 16.3. The van der Waals surface area contributed by atoms with Gasteiger partial charge in [0.15, 0.2) is 0 Å². The van der Waals surface area contributed by atoms with E-state index in [9.17, 15) is 72.3 Å². The Kier molecular flexibility index (Phi) is 24.2. The zero-order valence-corrected chi connectivity index (χ0v) is 55.2. The molecule has 4 N–H and O–H groups in total. The predicted octanol–water partition coefficient (Wildman–Crippen LogP) is -4.68. The largest absolute Gasteiger partial charge is 1.00 e.